The van der Waals surface area contributed by atoms with E-state index in [1.807, 2.05) is 6.07 Å². The molecule has 0 N–H and O–H groups in total. The van der Waals surface area contributed by atoms with Crippen LogP contribution in [0.4, 0.5) is 34.1 Å². The summed E-state index contributed by atoms with van der Waals surface area (Å²) < 4.78 is 21.6. The molecule has 8 heteroatoms. The third-order valence-electron chi connectivity index (χ3n) is 27.2. The zero-order chi connectivity index (χ0) is 84.7. The topological polar surface area (TPSA) is 71.3 Å². The van der Waals surface area contributed by atoms with Gasteiger partial charge in [0, 0.05) is 98.8 Å². The van der Waals surface area contributed by atoms with E-state index in [2.05, 4.69) is 457 Å². The van der Waals surface area contributed by atoms with Crippen molar-refractivity contribution in [2.75, 3.05) is 9.80 Å². The lowest BCUT2D eigenvalue weighted by molar-refractivity contribution is 0.590. The number of fused-ring (bicyclic) bond motifs is 19. The number of nitriles is 1. The number of hydrogen-bond donors (Lipinski definition) is 0. The fraction of sp³-hybridized carbons (Fsp3) is 0.0417. The number of benzene rings is 19. The Labute approximate surface area is 738 Å². The molecule has 0 saturated heterocycles. The summed E-state index contributed by atoms with van der Waals surface area (Å²) in [6, 6.07) is 155. The normalized spacial score (nSPS) is 13.2. The third kappa shape index (κ3) is 10.9. The fourth-order valence-corrected chi connectivity index (χ4v) is 21.6. The van der Waals surface area contributed by atoms with Crippen molar-refractivity contribution in [2.45, 2.75) is 32.1 Å². The van der Waals surface area contributed by atoms with E-state index in [-0.39, 0.29) is 5.41 Å². The van der Waals surface area contributed by atoms with Gasteiger partial charge in [0.2, 0.25) is 0 Å². The molecule has 0 saturated carbocycles. The highest BCUT2D eigenvalue weighted by Gasteiger charge is 2.44. The molecule has 5 aromatic heterocycles. The Morgan fingerprint density at radius 3 is 1.33 bits per heavy atom. The second kappa shape index (κ2) is 28.1. The van der Waals surface area contributed by atoms with Crippen LogP contribution in [0.1, 0.15) is 54.5 Å². The van der Waals surface area contributed by atoms with Crippen LogP contribution in [-0.4, -0.2) is 13.7 Å². The molecule has 0 aliphatic carbocycles. The Kier molecular flexibility index (Phi) is 16.0. The standard InChI is InChI=1S/C120H78N6O2/c1-120(2,3)79-58-64-104(96(70-79)75-31-8-5-9-32-75)126-108-66-77(115-82(76-56-60-90-88-39-16-24-53-112(88)127-114(90)69-76)41-27-51-106(115)123-100-47-20-11-34-83(100)84-35-12-21-48-101(84)123)57-61-94(108)117-95-62-59-80(122-99-46-19-15-38-87(99)97-65-73(72-121)55-63-105(97)122)71-109(95)125(98-45-18-10-33-81(98)74-29-6-4-7-30-74)110-67-78(68-111(126)118(110)117)116-91(93-44-26-43-92-89-40-17-25-54-113(89)128-119(92)93)42-28-52-107(116)124-102-49-22-13-36-85(102)86-37-14-23-50-103(86)124/h4-71,117H,1-3H3. The van der Waals surface area contributed by atoms with Gasteiger partial charge in [-0.1, -0.05) is 300 Å². The van der Waals surface area contributed by atoms with E-state index in [0.29, 0.717) is 5.56 Å². The molecular weight excluding hydrogens is 1560 g/mol. The molecule has 19 aromatic carbocycles. The molecule has 0 amide bonds. The average Bonchev–Trinajstić information content (AvgIpc) is 1.09. The lowest BCUT2D eigenvalue weighted by Gasteiger charge is -2.46. The molecule has 0 bridgehead atoms. The number of rotatable bonds is 11. The van der Waals surface area contributed by atoms with Crippen LogP contribution in [0, 0.1) is 11.3 Å². The van der Waals surface area contributed by atoms with Gasteiger partial charge in [0.15, 0.2) is 0 Å². The Hall–Kier alpha value is -16.7. The van der Waals surface area contributed by atoms with E-state index >= 15 is 0 Å². The van der Waals surface area contributed by atoms with Gasteiger partial charge in [0.1, 0.15) is 22.3 Å². The molecule has 24 aromatic rings. The molecule has 1 atom stereocenters. The number of furan rings is 2. The van der Waals surface area contributed by atoms with Crippen LogP contribution in [0.5, 0.6) is 0 Å². The van der Waals surface area contributed by atoms with Gasteiger partial charge in [-0.15, -0.1) is 0 Å². The summed E-state index contributed by atoms with van der Waals surface area (Å²) in [5, 5.41) is 21.6. The van der Waals surface area contributed by atoms with Crippen LogP contribution in [0.25, 0.3) is 193 Å². The van der Waals surface area contributed by atoms with Crippen molar-refractivity contribution in [3.63, 3.8) is 0 Å². The van der Waals surface area contributed by atoms with Crippen molar-refractivity contribution in [1.29, 1.82) is 5.26 Å². The summed E-state index contributed by atoms with van der Waals surface area (Å²) in [5.41, 5.74) is 36.5. The third-order valence-corrected chi connectivity index (χ3v) is 27.2. The van der Waals surface area contributed by atoms with E-state index in [0.717, 1.165) is 233 Å². The fourth-order valence-electron chi connectivity index (χ4n) is 21.6. The summed E-state index contributed by atoms with van der Waals surface area (Å²) in [5.74, 6) is -0.400. The Morgan fingerprint density at radius 2 is 0.703 bits per heavy atom. The van der Waals surface area contributed by atoms with Crippen LogP contribution in [0.15, 0.2) is 421 Å². The maximum absolute atomic E-state index is 10.6. The molecule has 0 fully saturated rings. The highest BCUT2D eigenvalue weighted by Crippen LogP contribution is 2.65. The summed E-state index contributed by atoms with van der Waals surface area (Å²) in [7, 11) is 0. The van der Waals surface area contributed by atoms with E-state index < -0.39 is 5.92 Å². The molecule has 1 unspecified atom stereocenters. The largest absolute Gasteiger partial charge is 0.456 e. The summed E-state index contributed by atoms with van der Waals surface area (Å²) in [6.07, 6.45) is 0. The van der Waals surface area contributed by atoms with Gasteiger partial charge in [-0.25, -0.2) is 0 Å². The van der Waals surface area contributed by atoms with Crippen molar-refractivity contribution in [3.05, 3.63) is 440 Å². The summed E-state index contributed by atoms with van der Waals surface area (Å²) in [6.45, 7) is 6.99. The number of hydrogen-bond acceptors (Lipinski definition) is 5. The second-order valence-electron chi connectivity index (χ2n) is 35.2. The van der Waals surface area contributed by atoms with Gasteiger partial charge in [0.05, 0.1) is 90.2 Å². The first-order valence-corrected chi connectivity index (χ1v) is 44.0. The molecule has 0 radical (unpaired) electrons. The molecule has 7 heterocycles. The van der Waals surface area contributed by atoms with Gasteiger partial charge < -0.3 is 32.3 Å². The Balaban J connectivity index is 0.843. The van der Waals surface area contributed by atoms with Gasteiger partial charge in [-0.3, -0.25) is 0 Å². The van der Waals surface area contributed by atoms with Crippen molar-refractivity contribution >= 4 is 143 Å². The number of anilines is 6. The lowest BCUT2D eigenvalue weighted by atomic mass is 9.74. The first-order chi connectivity index (χ1) is 63.1. The predicted molar refractivity (Wildman–Crippen MR) is 530 cm³/mol. The first kappa shape index (κ1) is 72.9. The van der Waals surface area contributed by atoms with Crippen molar-refractivity contribution in [3.8, 4) is 89.9 Å². The van der Waals surface area contributed by atoms with E-state index in [1.165, 1.54) is 16.3 Å². The molecular formula is C120H78N6O2. The number of aromatic nitrogens is 3. The van der Waals surface area contributed by atoms with Gasteiger partial charge in [-0.05, 0) is 195 Å². The average molecular weight is 1640 g/mol. The van der Waals surface area contributed by atoms with Crippen molar-refractivity contribution in [1.82, 2.24) is 13.7 Å². The maximum atomic E-state index is 10.6. The van der Waals surface area contributed by atoms with Crippen LogP contribution < -0.4 is 9.80 Å². The number of para-hydroxylation sites is 9. The first-order valence-electron chi connectivity index (χ1n) is 44.0. The molecule has 600 valence electrons. The zero-order valence-corrected chi connectivity index (χ0v) is 70.3. The quantitative estimate of drug-likeness (QED) is 0.129. The van der Waals surface area contributed by atoms with Gasteiger partial charge in [-0.2, -0.15) is 5.26 Å². The molecule has 0 spiro atoms. The molecule has 26 rings (SSSR count). The highest BCUT2D eigenvalue weighted by atomic mass is 16.3. The Morgan fingerprint density at radius 1 is 0.258 bits per heavy atom. The minimum absolute atomic E-state index is 0.235. The zero-order valence-electron chi connectivity index (χ0n) is 70.3. The number of nitrogens with zero attached hydrogens (tertiary/aromatic N) is 6. The molecule has 8 nitrogen and oxygen atoms in total. The van der Waals surface area contributed by atoms with E-state index in [4.69, 9.17) is 8.83 Å². The SMILES string of the molecule is CC(C)(C)c1ccc(N2c3cc(-c4c(-c5ccc6c(c5)oc5ccccc56)cccc4-n4c5ccccc5c5ccccc54)ccc3C3c4ccc(-n5c6ccccc6c6cc(C#N)ccc65)cc4N(c4ccccc4-c4ccccc4)c4cc(-c5c(-c6cccc7c6oc6ccccc67)cccc5-n5c6ccccc6c6ccccc65)cc2c43)c(-c2ccccc2)c1. The van der Waals surface area contributed by atoms with Gasteiger partial charge >= 0.3 is 0 Å². The summed E-state index contributed by atoms with van der Waals surface area (Å²) >= 11 is 0. The molecule has 2 aliphatic rings. The lowest BCUT2D eigenvalue weighted by Crippen LogP contribution is -2.30. The van der Waals surface area contributed by atoms with Crippen LogP contribution in [0.3, 0.4) is 0 Å². The monoisotopic (exact) mass is 1630 g/mol. The van der Waals surface area contributed by atoms with Crippen molar-refractivity contribution < 1.29 is 8.83 Å². The predicted octanol–water partition coefficient (Wildman–Crippen LogP) is 32.7. The van der Waals surface area contributed by atoms with Crippen molar-refractivity contribution in [2.24, 2.45) is 0 Å². The Bertz CT molecular complexity index is 8760. The van der Waals surface area contributed by atoms with Gasteiger partial charge in [0.25, 0.3) is 0 Å². The minimum Gasteiger partial charge on any atom is -0.456 e. The summed E-state index contributed by atoms with van der Waals surface area (Å²) in [4.78, 5) is 5.29. The van der Waals surface area contributed by atoms with Crippen LogP contribution in [-0.2, 0) is 5.41 Å². The van der Waals surface area contributed by atoms with Crippen LogP contribution >= 0.6 is 0 Å². The molecule has 128 heavy (non-hydrogen) atoms. The van der Waals surface area contributed by atoms with Crippen LogP contribution in [0.2, 0.25) is 0 Å². The highest BCUT2D eigenvalue weighted by molar-refractivity contribution is 6.17. The molecule has 2 aliphatic heterocycles. The van der Waals surface area contributed by atoms with E-state index in [9.17, 15) is 5.26 Å². The minimum atomic E-state index is -0.400. The smallest absolute Gasteiger partial charge is 0.143 e. The van der Waals surface area contributed by atoms with E-state index in [1.54, 1.807) is 0 Å². The second-order valence-corrected chi connectivity index (χ2v) is 35.2. The maximum Gasteiger partial charge on any atom is 0.143 e.